The molecule has 1 aromatic carbocycles. The minimum absolute atomic E-state index is 0.193. The van der Waals surface area contributed by atoms with E-state index in [-0.39, 0.29) is 18.3 Å². The van der Waals surface area contributed by atoms with Gasteiger partial charge in [-0.2, -0.15) is 0 Å². The fourth-order valence-electron chi connectivity index (χ4n) is 2.94. The van der Waals surface area contributed by atoms with E-state index in [4.69, 9.17) is 11.6 Å². The topological polar surface area (TPSA) is 26.7 Å². The van der Waals surface area contributed by atoms with Crippen molar-refractivity contribution in [3.63, 3.8) is 0 Å². The van der Waals surface area contributed by atoms with Crippen LogP contribution in [0.4, 0.5) is 4.39 Å². The van der Waals surface area contributed by atoms with Crippen molar-refractivity contribution in [1.82, 2.24) is 9.80 Å². The molecule has 1 N–H and O–H groups in total. The largest absolute Gasteiger partial charge is 0.396 e. The van der Waals surface area contributed by atoms with Gasteiger partial charge >= 0.3 is 0 Å². The van der Waals surface area contributed by atoms with Gasteiger partial charge in [-0.3, -0.25) is 4.90 Å². The molecule has 0 amide bonds. The zero-order valence-corrected chi connectivity index (χ0v) is 12.8. The molecule has 0 saturated carbocycles. The van der Waals surface area contributed by atoms with Crippen LogP contribution in [0.2, 0.25) is 5.02 Å². The Balaban J connectivity index is 2.00. The summed E-state index contributed by atoms with van der Waals surface area (Å²) in [6.45, 7) is 3.43. The molecule has 0 bridgehead atoms. The van der Waals surface area contributed by atoms with E-state index in [1.807, 2.05) is 14.1 Å². The summed E-state index contributed by atoms with van der Waals surface area (Å²) in [5, 5.41) is 9.91. The van der Waals surface area contributed by atoms with Crippen molar-refractivity contribution < 1.29 is 9.50 Å². The number of hydrogen-bond acceptors (Lipinski definition) is 3. The van der Waals surface area contributed by atoms with Gasteiger partial charge in [-0.25, -0.2) is 4.39 Å². The van der Waals surface area contributed by atoms with Crippen molar-refractivity contribution >= 4 is 11.6 Å². The summed E-state index contributed by atoms with van der Waals surface area (Å²) in [6, 6.07) is 4.82. The first kappa shape index (κ1) is 15.7. The number of rotatable bonds is 5. The van der Waals surface area contributed by atoms with Crippen molar-refractivity contribution in [2.45, 2.75) is 6.54 Å². The Morgan fingerprint density at radius 1 is 1.35 bits per heavy atom. The normalized spacial score (nSPS) is 23.7. The number of hydrogen-bond donors (Lipinski definition) is 1. The maximum atomic E-state index is 13.8. The Kier molecular flexibility index (Phi) is 5.38. The molecule has 1 fully saturated rings. The van der Waals surface area contributed by atoms with Crippen LogP contribution < -0.4 is 0 Å². The number of aliphatic hydroxyl groups is 1. The monoisotopic (exact) mass is 300 g/mol. The minimum atomic E-state index is -0.255. The standard InChI is InChI=1S/C15H22ClFN2O/c1-18(2)6-12-8-19(9-13(12)10-20)7-11-3-4-14(16)5-15(11)17/h3-5,12-13,20H,6-10H2,1-2H3/t12-,13-/m1/s1. The van der Waals surface area contributed by atoms with Gasteiger partial charge in [0.1, 0.15) is 5.82 Å². The van der Waals surface area contributed by atoms with E-state index in [0.717, 1.165) is 19.6 Å². The van der Waals surface area contributed by atoms with Gasteiger partial charge in [-0.05, 0) is 38.1 Å². The molecule has 1 aliphatic heterocycles. The molecule has 2 atom stereocenters. The molecule has 0 aliphatic carbocycles. The lowest BCUT2D eigenvalue weighted by Gasteiger charge is -2.20. The maximum absolute atomic E-state index is 13.8. The summed E-state index contributed by atoms with van der Waals surface area (Å²) < 4.78 is 13.8. The molecule has 1 aliphatic rings. The smallest absolute Gasteiger partial charge is 0.129 e. The van der Waals surface area contributed by atoms with E-state index in [0.29, 0.717) is 23.0 Å². The summed E-state index contributed by atoms with van der Waals surface area (Å²) in [4.78, 5) is 4.35. The van der Waals surface area contributed by atoms with Gasteiger partial charge in [0.25, 0.3) is 0 Å². The van der Waals surface area contributed by atoms with Gasteiger partial charge in [0, 0.05) is 43.4 Å². The number of benzene rings is 1. The average molecular weight is 301 g/mol. The number of nitrogens with zero attached hydrogens (tertiary/aromatic N) is 2. The SMILES string of the molecule is CN(C)C[C@@H]1CN(Cc2ccc(Cl)cc2F)C[C@@H]1CO. The van der Waals surface area contributed by atoms with Crippen molar-refractivity contribution in [3.05, 3.63) is 34.6 Å². The highest BCUT2D eigenvalue weighted by molar-refractivity contribution is 6.30. The summed E-state index contributed by atoms with van der Waals surface area (Å²) in [5.41, 5.74) is 0.664. The Bertz CT molecular complexity index is 455. The van der Waals surface area contributed by atoms with Crippen LogP contribution in [0, 0.1) is 17.7 Å². The van der Waals surface area contributed by atoms with Crippen LogP contribution in [0.25, 0.3) is 0 Å². The van der Waals surface area contributed by atoms with E-state index >= 15 is 0 Å². The fraction of sp³-hybridized carbons (Fsp3) is 0.600. The lowest BCUT2D eigenvalue weighted by Crippen LogP contribution is -2.28. The lowest BCUT2D eigenvalue weighted by molar-refractivity contribution is 0.183. The first-order valence-electron chi connectivity index (χ1n) is 6.91. The molecule has 112 valence electrons. The molecule has 1 heterocycles. The highest BCUT2D eigenvalue weighted by Crippen LogP contribution is 2.26. The summed E-state index contributed by atoms with van der Waals surface area (Å²) in [7, 11) is 4.08. The number of aliphatic hydroxyl groups excluding tert-OH is 1. The van der Waals surface area contributed by atoms with Gasteiger partial charge in [-0.1, -0.05) is 17.7 Å². The summed E-state index contributed by atoms with van der Waals surface area (Å²) >= 11 is 5.77. The minimum Gasteiger partial charge on any atom is -0.396 e. The predicted octanol–water partition coefficient (Wildman–Crippen LogP) is 2.08. The lowest BCUT2D eigenvalue weighted by atomic mass is 9.97. The van der Waals surface area contributed by atoms with Crippen LogP contribution in [0.1, 0.15) is 5.56 Å². The highest BCUT2D eigenvalue weighted by Gasteiger charge is 2.32. The van der Waals surface area contributed by atoms with Crippen LogP contribution in [0.3, 0.4) is 0 Å². The zero-order valence-electron chi connectivity index (χ0n) is 12.0. The Morgan fingerprint density at radius 2 is 2.05 bits per heavy atom. The first-order chi connectivity index (χ1) is 9.49. The van der Waals surface area contributed by atoms with E-state index in [1.165, 1.54) is 6.07 Å². The molecular formula is C15H22ClFN2O. The highest BCUT2D eigenvalue weighted by atomic mass is 35.5. The van der Waals surface area contributed by atoms with Crippen LogP contribution in [-0.4, -0.2) is 55.2 Å². The average Bonchev–Trinajstić information content (AvgIpc) is 2.74. The second-order valence-corrected chi connectivity index (χ2v) is 6.33. The van der Waals surface area contributed by atoms with Crippen LogP contribution in [-0.2, 0) is 6.54 Å². The van der Waals surface area contributed by atoms with E-state index in [2.05, 4.69) is 9.80 Å². The first-order valence-corrected chi connectivity index (χ1v) is 7.29. The maximum Gasteiger partial charge on any atom is 0.129 e. The predicted molar refractivity (Wildman–Crippen MR) is 79.3 cm³/mol. The third-order valence-electron chi connectivity index (χ3n) is 3.90. The summed E-state index contributed by atoms with van der Waals surface area (Å²) in [5.74, 6) is 0.451. The molecule has 0 radical (unpaired) electrons. The molecule has 1 saturated heterocycles. The molecule has 20 heavy (non-hydrogen) atoms. The number of halogens is 2. The van der Waals surface area contributed by atoms with Gasteiger partial charge < -0.3 is 10.0 Å². The molecule has 3 nitrogen and oxygen atoms in total. The molecule has 0 unspecified atom stereocenters. The quantitative estimate of drug-likeness (QED) is 0.902. The van der Waals surface area contributed by atoms with E-state index < -0.39 is 0 Å². The second kappa shape index (κ2) is 6.85. The third-order valence-corrected chi connectivity index (χ3v) is 4.13. The van der Waals surface area contributed by atoms with Gasteiger partial charge in [-0.15, -0.1) is 0 Å². The number of likely N-dealkylation sites (tertiary alicyclic amines) is 1. The Morgan fingerprint density at radius 3 is 2.65 bits per heavy atom. The third kappa shape index (κ3) is 3.92. The molecule has 0 spiro atoms. The van der Waals surface area contributed by atoms with Crippen LogP contribution in [0.15, 0.2) is 18.2 Å². The molecule has 1 aromatic rings. The van der Waals surface area contributed by atoms with Crippen molar-refractivity contribution in [3.8, 4) is 0 Å². The van der Waals surface area contributed by atoms with Crippen LogP contribution in [0.5, 0.6) is 0 Å². The van der Waals surface area contributed by atoms with Gasteiger partial charge in [0.2, 0.25) is 0 Å². The molecule has 2 rings (SSSR count). The molecular weight excluding hydrogens is 279 g/mol. The van der Waals surface area contributed by atoms with Crippen molar-refractivity contribution in [2.24, 2.45) is 11.8 Å². The van der Waals surface area contributed by atoms with Gasteiger partial charge in [0.15, 0.2) is 0 Å². The second-order valence-electron chi connectivity index (χ2n) is 5.89. The van der Waals surface area contributed by atoms with E-state index in [1.54, 1.807) is 12.1 Å². The Hall–Kier alpha value is -0.680. The van der Waals surface area contributed by atoms with Crippen molar-refractivity contribution in [2.75, 3.05) is 40.3 Å². The van der Waals surface area contributed by atoms with Crippen LogP contribution >= 0.6 is 11.6 Å². The zero-order chi connectivity index (χ0) is 14.7. The molecule has 5 heteroatoms. The fourth-order valence-corrected chi connectivity index (χ4v) is 3.10. The van der Waals surface area contributed by atoms with Crippen molar-refractivity contribution in [1.29, 1.82) is 0 Å². The Labute approximate surface area is 124 Å². The van der Waals surface area contributed by atoms with Gasteiger partial charge in [0.05, 0.1) is 0 Å². The molecule has 0 aromatic heterocycles. The summed E-state index contributed by atoms with van der Waals surface area (Å²) in [6.07, 6.45) is 0. The van der Waals surface area contributed by atoms with E-state index in [9.17, 15) is 9.50 Å².